The number of ether oxygens (including phenoxy) is 1. The highest BCUT2D eigenvalue weighted by Gasteiger charge is 2.38. The molecule has 160 valence electrons. The van der Waals surface area contributed by atoms with Gasteiger partial charge in [0.2, 0.25) is 5.82 Å². The van der Waals surface area contributed by atoms with Gasteiger partial charge in [-0.25, -0.2) is 0 Å². The van der Waals surface area contributed by atoms with Crippen molar-refractivity contribution in [3.8, 4) is 17.1 Å². The Bertz CT molecular complexity index is 1030. The molecule has 0 aliphatic heterocycles. The molecule has 30 heavy (non-hydrogen) atoms. The van der Waals surface area contributed by atoms with Crippen LogP contribution < -0.4 is 4.74 Å². The molecule has 0 aliphatic carbocycles. The molecule has 2 aromatic heterocycles. The molecule has 0 bridgehead atoms. The topological polar surface area (TPSA) is 94.5 Å². The minimum absolute atomic E-state index is 0.148. The standard InChI is InChI=1S/C19H19F3N4O4/c1-11-9-12(16-23-18(30-25-16)19(20,21)22)6-7-15(11)28-8-4-5-13-10-14(24-29-13)17(27)26(2)3/h6-7,9-10H,4-5,8H2,1-3H3. The molecule has 1 aromatic carbocycles. The van der Waals surface area contributed by atoms with Crippen molar-refractivity contribution in [1.82, 2.24) is 20.2 Å². The second kappa shape index (κ2) is 8.56. The molecule has 0 spiro atoms. The number of hydrogen-bond donors (Lipinski definition) is 0. The quantitative estimate of drug-likeness (QED) is 0.533. The van der Waals surface area contributed by atoms with Gasteiger partial charge < -0.3 is 18.7 Å². The molecular formula is C19H19F3N4O4. The van der Waals surface area contributed by atoms with Crippen LogP contribution in [0.5, 0.6) is 5.75 Å². The Morgan fingerprint density at radius 1 is 1.17 bits per heavy atom. The number of halogens is 3. The third-order valence-electron chi connectivity index (χ3n) is 4.11. The van der Waals surface area contributed by atoms with E-state index < -0.39 is 12.1 Å². The number of benzene rings is 1. The third kappa shape index (κ3) is 4.97. The summed E-state index contributed by atoms with van der Waals surface area (Å²) in [6.45, 7) is 2.14. The number of amides is 1. The van der Waals surface area contributed by atoms with E-state index in [0.717, 1.165) is 0 Å². The first kappa shape index (κ1) is 21.3. The number of aryl methyl sites for hydroxylation is 2. The van der Waals surface area contributed by atoms with Gasteiger partial charge in [0.25, 0.3) is 5.91 Å². The predicted molar refractivity (Wildman–Crippen MR) is 97.8 cm³/mol. The van der Waals surface area contributed by atoms with E-state index in [1.165, 1.54) is 4.90 Å². The highest BCUT2D eigenvalue weighted by atomic mass is 19.4. The first-order valence-electron chi connectivity index (χ1n) is 8.97. The molecular weight excluding hydrogens is 405 g/mol. The second-order valence-electron chi connectivity index (χ2n) is 6.73. The van der Waals surface area contributed by atoms with Gasteiger partial charge in [0.1, 0.15) is 11.5 Å². The number of nitrogens with zero attached hydrogens (tertiary/aromatic N) is 4. The summed E-state index contributed by atoms with van der Waals surface area (Å²) in [5.41, 5.74) is 1.35. The molecule has 0 unspecified atom stereocenters. The summed E-state index contributed by atoms with van der Waals surface area (Å²) in [6, 6.07) is 6.41. The van der Waals surface area contributed by atoms with E-state index in [4.69, 9.17) is 9.26 Å². The van der Waals surface area contributed by atoms with E-state index in [1.807, 2.05) is 0 Å². The van der Waals surface area contributed by atoms with Crippen LogP contribution in [0.3, 0.4) is 0 Å². The molecule has 3 rings (SSSR count). The molecule has 2 heterocycles. The van der Waals surface area contributed by atoms with Crippen LogP contribution in [0.2, 0.25) is 0 Å². The van der Waals surface area contributed by atoms with E-state index in [0.29, 0.717) is 42.1 Å². The number of rotatable bonds is 7. The number of carbonyl (C=O) groups excluding carboxylic acids is 1. The van der Waals surface area contributed by atoms with Gasteiger partial charge in [-0.2, -0.15) is 18.2 Å². The van der Waals surface area contributed by atoms with Crippen LogP contribution in [0.4, 0.5) is 13.2 Å². The Hall–Kier alpha value is -3.37. The molecule has 1 amide bonds. The van der Waals surface area contributed by atoms with Crippen LogP contribution in [0.25, 0.3) is 11.4 Å². The summed E-state index contributed by atoms with van der Waals surface area (Å²) in [4.78, 5) is 16.6. The van der Waals surface area contributed by atoms with Gasteiger partial charge in [0, 0.05) is 32.1 Å². The van der Waals surface area contributed by atoms with Gasteiger partial charge in [-0.05, 0) is 37.1 Å². The van der Waals surface area contributed by atoms with E-state index in [-0.39, 0.29) is 17.4 Å². The molecule has 8 nitrogen and oxygen atoms in total. The zero-order valence-corrected chi connectivity index (χ0v) is 16.5. The molecule has 0 atom stereocenters. The minimum Gasteiger partial charge on any atom is -0.493 e. The van der Waals surface area contributed by atoms with Crippen molar-refractivity contribution in [3.05, 3.63) is 47.2 Å². The number of aromatic nitrogens is 3. The first-order chi connectivity index (χ1) is 14.1. The Morgan fingerprint density at radius 2 is 1.93 bits per heavy atom. The highest BCUT2D eigenvalue weighted by Crippen LogP contribution is 2.30. The third-order valence-corrected chi connectivity index (χ3v) is 4.11. The summed E-state index contributed by atoms with van der Waals surface area (Å²) in [5.74, 6) is -0.614. The van der Waals surface area contributed by atoms with Gasteiger partial charge in [-0.15, -0.1) is 0 Å². The zero-order valence-electron chi connectivity index (χ0n) is 16.5. The Morgan fingerprint density at radius 3 is 2.57 bits per heavy atom. The SMILES string of the molecule is Cc1cc(-c2noc(C(F)(F)F)n2)ccc1OCCCc1cc(C(=O)N(C)C)no1. The maximum absolute atomic E-state index is 12.6. The lowest BCUT2D eigenvalue weighted by atomic mass is 10.1. The Kier molecular flexibility index (Phi) is 6.09. The summed E-state index contributed by atoms with van der Waals surface area (Å²) in [5, 5.41) is 7.11. The fourth-order valence-electron chi connectivity index (χ4n) is 2.60. The largest absolute Gasteiger partial charge is 0.493 e. The van der Waals surface area contributed by atoms with E-state index in [9.17, 15) is 18.0 Å². The molecule has 0 radical (unpaired) electrons. The van der Waals surface area contributed by atoms with Crippen molar-refractivity contribution in [3.63, 3.8) is 0 Å². The van der Waals surface area contributed by atoms with Crippen LogP contribution in [-0.4, -0.2) is 46.8 Å². The Labute approximate surface area is 169 Å². The normalized spacial score (nSPS) is 11.5. The number of hydrogen-bond acceptors (Lipinski definition) is 7. The average Bonchev–Trinajstić information content (AvgIpc) is 3.35. The summed E-state index contributed by atoms with van der Waals surface area (Å²) in [6.07, 6.45) is -3.53. The lowest BCUT2D eigenvalue weighted by Crippen LogP contribution is -2.21. The van der Waals surface area contributed by atoms with Crippen molar-refractivity contribution < 1.29 is 31.7 Å². The van der Waals surface area contributed by atoms with Crippen molar-refractivity contribution >= 4 is 5.91 Å². The fourth-order valence-corrected chi connectivity index (χ4v) is 2.60. The lowest BCUT2D eigenvalue weighted by Gasteiger charge is -2.09. The summed E-state index contributed by atoms with van der Waals surface area (Å²) in [7, 11) is 3.26. The Balaban J connectivity index is 1.54. The molecule has 3 aromatic rings. The van der Waals surface area contributed by atoms with Gasteiger partial charge in [0.05, 0.1) is 6.61 Å². The summed E-state index contributed by atoms with van der Waals surface area (Å²) >= 11 is 0. The first-order valence-corrected chi connectivity index (χ1v) is 8.97. The van der Waals surface area contributed by atoms with Crippen molar-refractivity contribution in [2.45, 2.75) is 25.9 Å². The van der Waals surface area contributed by atoms with Gasteiger partial charge in [0.15, 0.2) is 5.69 Å². The van der Waals surface area contributed by atoms with Crippen molar-refractivity contribution in [2.24, 2.45) is 0 Å². The molecule has 0 fully saturated rings. The maximum atomic E-state index is 12.6. The van der Waals surface area contributed by atoms with Crippen LogP contribution in [-0.2, 0) is 12.6 Å². The zero-order chi connectivity index (χ0) is 21.9. The second-order valence-corrected chi connectivity index (χ2v) is 6.73. The van der Waals surface area contributed by atoms with Gasteiger partial charge >= 0.3 is 12.1 Å². The monoisotopic (exact) mass is 424 g/mol. The van der Waals surface area contributed by atoms with Crippen LogP contribution >= 0.6 is 0 Å². The van der Waals surface area contributed by atoms with Crippen LogP contribution in [0, 0.1) is 6.92 Å². The average molecular weight is 424 g/mol. The molecule has 0 aliphatic rings. The number of alkyl halides is 3. The van der Waals surface area contributed by atoms with E-state index in [1.54, 1.807) is 45.3 Å². The highest BCUT2D eigenvalue weighted by molar-refractivity contribution is 5.91. The predicted octanol–water partition coefficient (Wildman–Crippen LogP) is 3.77. The molecule has 0 saturated carbocycles. The van der Waals surface area contributed by atoms with Crippen molar-refractivity contribution in [1.29, 1.82) is 0 Å². The van der Waals surface area contributed by atoms with Crippen molar-refractivity contribution in [2.75, 3.05) is 20.7 Å². The van der Waals surface area contributed by atoms with Gasteiger partial charge in [-0.3, -0.25) is 4.79 Å². The minimum atomic E-state index is -4.69. The lowest BCUT2D eigenvalue weighted by molar-refractivity contribution is -0.159. The molecule has 0 saturated heterocycles. The van der Waals surface area contributed by atoms with Crippen LogP contribution in [0.15, 0.2) is 33.3 Å². The fraction of sp³-hybridized carbons (Fsp3) is 0.368. The van der Waals surface area contributed by atoms with Gasteiger partial charge in [-0.1, -0.05) is 10.3 Å². The smallest absolute Gasteiger partial charge is 0.471 e. The molecule has 0 N–H and O–H groups in total. The maximum Gasteiger partial charge on any atom is 0.471 e. The molecule has 11 heteroatoms. The number of carbonyl (C=O) groups is 1. The van der Waals surface area contributed by atoms with Crippen LogP contribution in [0.1, 0.15) is 34.1 Å². The van der Waals surface area contributed by atoms with E-state index >= 15 is 0 Å². The summed E-state index contributed by atoms with van der Waals surface area (Å²) < 4.78 is 52.9. The van der Waals surface area contributed by atoms with E-state index in [2.05, 4.69) is 19.8 Å².